The summed E-state index contributed by atoms with van der Waals surface area (Å²) < 4.78 is 0. The average molecular weight is 402 g/mol. The van der Waals surface area contributed by atoms with E-state index in [2.05, 4.69) is 63.8 Å². The van der Waals surface area contributed by atoms with Gasteiger partial charge in [0.05, 0.1) is 6.54 Å². The molecule has 1 aliphatic heterocycles. The number of thiophene rings is 1. The van der Waals surface area contributed by atoms with Crippen LogP contribution in [0, 0.1) is 6.92 Å². The van der Waals surface area contributed by atoms with E-state index in [1.807, 2.05) is 0 Å². The molecule has 3 rings (SSSR count). The van der Waals surface area contributed by atoms with Gasteiger partial charge in [0.2, 0.25) is 0 Å². The number of hydrogen-bond acceptors (Lipinski definition) is 3. The topological polar surface area (TPSA) is 18.5 Å². The summed E-state index contributed by atoms with van der Waals surface area (Å²) in [6, 6.07) is 12.7. The summed E-state index contributed by atoms with van der Waals surface area (Å²) in [5.41, 5.74) is 2.33. The predicted octanol–water partition coefficient (Wildman–Crippen LogP) is 5.52. The second kappa shape index (κ2) is 10.8. The van der Waals surface area contributed by atoms with Crippen LogP contribution in [-0.4, -0.2) is 41.1 Å². The Bertz CT molecular complexity index is 691. The van der Waals surface area contributed by atoms with Gasteiger partial charge in [-0.1, -0.05) is 37.1 Å². The minimum atomic E-state index is 0.827. The van der Waals surface area contributed by atoms with Gasteiger partial charge in [0.1, 0.15) is 0 Å². The molecule has 1 aliphatic rings. The van der Waals surface area contributed by atoms with Crippen molar-refractivity contribution in [2.24, 2.45) is 0 Å². The zero-order valence-electron chi connectivity index (χ0n) is 16.3. The number of nitrogens with one attached hydrogen (secondary N) is 1. The van der Waals surface area contributed by atoms with E-state index in [0.717, 1.165) is 30.3 Å². The summed E-state index contributed by atoms with van der Waals surface area (Å²) in [5.74, 6) is 0. The molecule has 1 aromatic heterocycles. The van der Waals surface area contributed by atoms with Crippen molar-refractivity contribution in [3.05, 3.63) is 52.2 Å². The Morgan fingerprint density at radius 3 is 2.59 bits per heavy atom. The van der Waals surface area contributed by atoms with E-state index in [-0.39, 0.29) is 0 Å². The standard InChI is InChI=1S/C22H31N3S2/c1-19-10-4-5-12-21(19)23-22(26)25(18-20-11-8-17-27-20)16-9-15-24-13-6-2-3-7-14-24/h4-5,8,10-12,17H,2-3,6-7,9,13-16,18H2,1H3,(H,23,26). The lowest BCUT2D eigenvalue weighted by molar-refractivity contribution is 0.266. The van der Waals surface area contributed by atoms with E-state index < -0.39 is 0 Å². The average Bonchev–Trinajstić information content (AvgIpc) is 3.04. The van der Waals surface area contributed by atoms with E-state index in [9.17, 15) is 0 Å². The maximum atomic E-state index is 5.79. The Hall–Kier alpha value is -1.43. The molecule has 2 heterocycles. The minimum Gasteiger partial charge on any atom is -0.344 e. The Balaban J connectivity index is 1.58. The molecule has 27 heavy (non-hydrogen) atoms. The molecule has 1 fully saturated rings. The van der Waals surface area contributed by atoms with Crippen LogP contribution in [0.1, 0.15) is 42.5 Å². The van der Waals surface area contributed by atoms with Crippen LogP contribution in [0.5, 0.6) is 0 Å². The second-order valence-corrected chi connectivity index (χ2v) is 8.77. The first-order valence-electron chi connectivity index (χ1n) is 10.1. The largest absolute Gasteiger partial charge is 0.344 e. The molecule has 0 radical (unpaired) electrons. The molecule has 0 saturated carbocycles. The van der Waals surface area contributed by atoms with E-state index >= 15 is 0 Å². The molecule has 0 amide bonds. The predicted molar refractivity (Wildman–Crippen MR) is 122 cm³/mol. The molecule has 146 valence electrons. The molecular weight excluding hydrogens is 370 g/mol. The third-order valence-corrected chi connectivity index (χ3v) is 6.42. The van der Waals surface area contributed by atoms with Gasteiger partial charge in [-0.05, 0) is 81.1 Å². The summed E-state index contributed by atoms with van der Waals surface area (Å²) in [7, 11) is 0. The smallest absolute Gasteiger partial charge is 0.173 e. The van der Waals surface area contributed by atoms with E-state index in [0.29, 0.717) is 0 Å². The Kier molecular flexibility index (Phi) is 8.11. The monoisotopic (exact) mass is 401 g/mol. The number of benzene rings is 1. The lowest BCUT2D eigenvalue weighted by atomic mass is 10.2. The zero-order chi connectivity index (χ0) is 18.9. The highest BCUT2D eigenvalue weighted by Crippen LogP contribution is 2.17. The first kappa shape index (κ1) is 20.3. The van der Waals surface area contributed by atoms with Crippen molar-refractivity contribution in [3.8, 4) is 0 Å². The molecule has 0 bridgehead atoms. The van der Waals surface area contributed by atoms with Crippen molar-refractivity contribution < 1.29 is 0 Å². The van der Waals surface area contributed by atoms with Crippen LogP contribution in [0.4, 0.5) is 5.69 Å². The fraction of sp³-hybridized carbons (Fsp3) is 0.500. The number of thiocarbonyl (C=S) groups is 1. The number of aryl methyl sites for hydroxylation is 1. The fourth-order valence-corrected chi connectivity index (χ4v) is 4.58. The highest BCUT2D eigenvalue weighted by molar-refractivity contribution is 7.80. The molecule has 1 aromatic carbocycles. The molecular formula is C22H31N3S2. The molecule has 0 atom stereocenters. The van der Waals surface area contributed by atoms with Crippen LogP contribution in [0.15, 0.2) is 41.8 Å². The van der Waals surface area contributed by atoms with Crippen molar-refractivity contribution in [2.45, 2.75) is 45.6 Å². The first-order chi connectivity index (χ1) is 13.2. The Labute approximate surface area is 173 Å². The summed E-state index contributed by atoms with van der Waals surface area (Å²) >= 11 is 7.59. The summed E-state index contributed by atoms with van der Waals surface area (Å²) in [5, 5.41) is 6.44. The van der Waals surface area contributed by atoms with Gasteiger partial charge in [-0.15, -0.1) is 11.3 Å². The van der Waals surface area contributed by atoms with Gasteiger partial charge >= 0.3 is 0 Å². The lowest BCUT2D eigenvalue weighted by Crippen LogP contribution is -2.37. The van der Waals surface area contributed by atoms with Crippen molar-refractivity contribution >= 4 is 34.4 Å². The van der Waals surface area contributed by atoms with Gasteiger partial charge in [0, 0.05) is 17.1 Å². The van der Waals surface area contributed by atoms with Crippen LogP contribution in [0.3, 0.4) is 0 Å². The molecule has 0 aliphatic carbocycles. The highest BCUT2D eigenvalue weighted by atomic mass is 32.1. The minimum absolute atomic E-state index is 0.827. The van der Waals surface area contributed by atoms with E-state index in [1.165, 1.54) is 55.8 Å². The summed E-state index contributed by atoms with van der Waals surface area (Å²) in [4.78, 5) is 6.32. The van der Waals surface area contributed by atoms with Gasteiger partial charge in [0.25, 0.3) is 0 Å². The van der Waals surface area contributed by atoms with Gasteiger partial charge in [-0.25, -0.2) is 0 Å². The maximum absolute atomic E-state index is 5.79. The van der Waals surface area contributed by atoms with E-state index in [4.69, 9.17) is 12.2 Å². The molecule has 0 spiro atoms. The van der Waals surface area contributed by atoms with Gasteiger partial charge in [-0.3, -0.25) is 0 Å². The van der Waals surface area contributed by atoms with Crippen molar-refractivity contribution in [3.63, 3.8) is 0 Å². The van der Waals surface area contributed by atoms with Crippen LogP contribution >= 0.6 is 23.6 Å². The number of likely N-dealkylation sites (tertiary alicyclic amines) is 1. The number of anilines is 1. The van der Waals surface area contributed by atoms with E-state index in [1.54, 1.807) is 11.3 Å². The Morgan fingerprint density at radius 1 is 1.11 bits per heavy atom. The quantitative estimate of drug-likeness (QED) is 0.615. The molecule has 0 unspecified atom stereocenters. The van der Waals surface area contributed by atoms with Crippen LogP contribution < -0.4 is 5.32 Å². The third-order valence-electron chi connectivity index (χ3n) is 5.20. The zero-order valence-corrected chi connectivity index (χ0v) is 18.0. The first-order valence-corrected chi connectivity index (χ1v) is 11.4. The molecule has 2 aromatic rings. The Morgan fingerprint density at radius 2 is 1.89 bits per heavy atom. The summed E-state index contributed by atoms with van der Waals surface area (Å²) in [6.45, 7) is 7.69. The second-order valence-electron chi connectivity index (χ2n) is 7.36. The van der Waals surface area contributed by atoms with Crippen molar-refractivity contribution in [1.82, 2.24) is 9.80 Å². The highest BCUT2D eigenvalue weighted by Gasteiger charge is 2.14. The van der Waals surface area contributed by atoms with Crippen molar-refractivity contribution in [2.75, 3.05) is 31.5 Å². The number of para-hydroxylation sites is 1. The summed E-state index contributed by atoms with van der Waals surface area (Å²) in [6.07, 6.45) is 6.65. The van der Waals surface area contributed by atoms with Crippen LogP contribution in [0.25, 0.3) is 0 Å². The molecule has 1 N–H and O–H groups in total. The normalized spacial score (nSPS) is 15.3. The van der Waals surface area contributed by atoms with Gasteiger partial charge in [-0.2, -0.15) is 0 Å². The van der Waals surface area contributed by atoms with Gasteiger partial charge < -0.3 is 15.1 Å². The SMILES string of the molecule is Cc1ccccc1NC(=S)N(CCCN1CCCCCC1)Cc1cccs1. The number of hydrogen-bond donors (Lipinski definition) is 1. The molecule has 5 heteroatoms. The van der Waals surface area contributed by atoms with Crippen LogP contribution in [-0.2, 0) is 6.54 Å². The van der Waals surface area contributed by atoms with Crippen LogP contribution in [0.2, 0.25) is 0 Å². The number of nitrogens with zero attached hydrogens (tertiary/aromatic N) is 2. The lowest BCUT2D eigenvalue weighted by Gasteiger charge is -2.27. The van der Waals surface area contributed by atoms with Crippen molar-refractivity contribution in [1.29, 1.82) is 0 Å². The number of rotatable bonds is 7. The fourth-order valence-electron chi connectivity index (χ4n) is 3.60. The van der Waals surface area contributed by atoms with Gasteiger partial charge in [0.15, 0.2) is 5.11 Å². The molecule has 3 nitrogen and oxygen atoms in total. The maximum Gasteiger partial charge on any atom is 0.173 e. The third kappa shape index (κ3) is 6.59. The molecule has 1 saturated heterocycles.